The molecule has 5 nitrogen and oxygen atoms in total. The minimum Gasteiger partial charge on any atom is -0.394 e. The zero-order valence-corrected chi connectivity index (χ0v) is 15.1. The maximum absolute atomic E-state index is 11.8. The largest absolute Gasteiger partial charge is 0.394 e. The number of amides is 2. The van der Waals surface area contributed by atoms with Crippen molar-refractivity contribution in [2.24, 2.45) is 5.92 Å². The van der Waals surface area contributed by atoms with Gasteiger partial charge in [0.1, 0.15) is 0 Å². The number of carbonyl (C=O) groups is 1. The fraction of sp³-hybridized carbons (Fsp3) is 0.750. The fourth-order valence-corrected chi connectivity index (χ4v) is 3.06. The molecule has 6 heteroatoms. The predicted octanol–water partition coefficient (Wildman–Crippen LogP) is 2.69. The van der Waals surface area contributed by atoms with Crippen LogP contribution in [0.1, 0.15) is 51.7 Å². The Balaban J connectivity index is 2.34. The third kappa shape index (κ3) is 6.75. The van der Waals surface area contributed by atoms with Crippen molar-refractivity contribution in [1.29, 1.82) is 0 Å². The van der Waals surface area contributed by atoms with Gasteiger partial charge in [0.2, 0.25) is 0 Å². The van der Waals surface area contributed by atoms with Gasteiger partial charge in [-0.3, -0.25) is 0 Å². The molecule has 0 radical (unpaired) electrons. The Labute approximate surface area is 137 Å². The summed E-state index contributed by atoms with van der Waals surface area (Å²) in [4.78, 5) is 16.4. The summed E-state index contributed by atoms with van der Waals surface area (Å²) in [5.74, 6) is 0.434. The van der Waals surface area contributed by atoms with Crippen LogP contribution in [0.2, 0.25) is 0 Å². The SMILES string of the molecule is CC(C)CC(CO)NC(=O)NCCc1nc(C(C)(C)C)cs1. The van der Waals surface area contributed by atoms with Crippen molar-refractivity contribution < 1.29 is 9.90 Å². The molecule has 3 N–H and O–H groups in total. The van der Waals surface area contributed by atoms with Gasteiger partial charge in [-0.2, -0.15) is 0 Å². The van der Waals surface area contributed by atoms with Gasteiger partial charge in [0.15, 0.2) is 0 Å². The predicted molar refractivity (Wildman–Crippen MR) is 91.4 cm³/mol. The summed E-state index contributed by atoms with van der Waals surface area (Å²) >= 11 is 1.63. The standard InChI is InChI=1S/C16H29N3O2S/c1-11(2)8-12(9-20)18-15(21)17-7-6-14-19-13(10-22-14)16(3,4)5/h10-12,20H,6-9H2,1-5H3,(H2,17,18,21). The summed E-state index contributed by atoms with van der Waals surface area (Å²) in [6.07, 6.45) is 1.49. The summed E-state index contributed by atoms with van der Waals surface area (Å²) in [6.45, 7) is 11.1. The number of rotatable bonds is 7. The molecule has 0 saturated carbocycles. The molecule has 0 aliphatic heterocycles. The molecular formula is C16H29N3O2S. The van der Waals surface area contributed by atoms with Crippen molar-refractivity contribution in [3.05, 3.63) is 16.1 Å². The van der Waals surface area contributed by atoms with E-state index in [4.69, 9.17) is 0 Å². The number of aliphatic hydroxyl groups is 1. The molecule has 1 rings (SSSR count). The second-order valence-electron chi connectivity index (χ2n) is 7.04. The molecular weight excluding hydrogens is 298 g/mol. The van der Waals surface area contributed by atoms with E-state index in [1.54, 1.807) is 11.3 Å². The second-order valence-corrected chi connectivity index (χ2v) is 7.98. The van der Waals surface area contributed by atoms with Gasteiger partial charge < -0.3 is 15.7 Å². The average molecular weight is 327 g/mol. The molecule has 0 aliphatic rings. The van der Waals surface area contributed by atoms with E-state index in [-0.39, 0.29) is 24.1 Å². The van der Waals surface area contributed by atoms with Crippen LogP contribution in [0.15, 0.2) is 5.38 Å². The molecule has 1 atom stereocenters. The Kier molecular flexibility index (Phi) is 7.29. The Morgan fingerprint density at radius 1 is 1.41 bits per heavy atom. The summed E-state index contributed by atoms with van der Waals surface area (Å²) in [5.41, 5.74) is 1.15. The average Bonchev–Trinajstić information content (AvgIpc) is 2.86. The smallest absolute Gasteiger partial charge is 0.315 e. The Morgan fingerprint density at radius 2 is 2.09 bits per heavy atom. The van der Waals surface area contributed by atoms with Gasteiger partial charge in [0.05, 0.1) is 23.4 Å². The van der Waals surface area contributed by atoms with Crippen LogP contribution in [0.5, 0.6) is 0 Å². The minimum absolute atomic E-state index is 0.0347. The molecule has 0 saturated heterocycles. The monoisotopic (exact) mass is 327 g/mol. The highest BCUT2D eigenvalue weighted by Gasteiger charge is 2.17. The molecule has 1 heterocycles. The summed E-state index contributed by atoms with van der Waals surface area (Å²) in [6, 6.07) is -0.417. The molecule has 2 amide bonds. The first-order chi connectivity index (χ1) is 10.2. The zero-order chi connectivity index (χ0) is 16.8. The zero-order valence-electron chi connectivity index (χ0n) is 14.3. The molecule has 1 aromatic heterocycles. The van der Waals surface area contributed by atoms with Crippen LogP contribution in [0.25, 0.3) is 0 Å². The first-order valence-corrected chi connectivity index (χ1v) is 8.70. The van der Waals surface area contributed by atoms with Crippen LogP contribution in [-0.4, -0.2) is 35.3 Å². The van der Waals surface area contributed by atoms with E-state index in [1.807, 2.05) is 0 Å². The minimum atomic E-state index is -0.229. The van der Waals surface area contributed by atoms with Crippen molar-refractivity contribution in [1.82, 2.24) is 15.6 Å². The van der Waals surface area contributed by atoms with E-state index in [2.05, 4.69) is 55.6 Å². The number of hydrogen-bond donors (Lipinski definition) is 3. The highest BCUT2D eigenvalue weighted by molar-refractivity contribution is 7.09. The Hall–Kier alpha value is -1.14. The third-order valence-electron chi connectivity index (χ3n) is 3.26. The first-order valence-electron chi connectivity index (χ1n) is 7.82. The number of carbonyl (C=O) groups excluding carboxylic acids is 1. The van der Waals surface area contributed by atoms with Crippen molar-refractivity contribution in [2.75, 3.05) is 13.2 Å². The number of nitrogens with one attached hydrogen (secondary N) is 2. The number of urea groups is 1. The van der Waals surface area contributed by atoms with Gasteiger partial charge in [0, 0.05) is 23.8 Å². The van der Waals surface area contributed by atoms with Crippen LogP contribution in [0.4, 0.5) is 4.79 Å². The lowest BCUT2D eigenvalue weighted by atomic mass is 9.93. The first kappa shape index (κ1) is 18.9. The summed E-state index contributed by atoms with van der Waals surface area (Å²) in [5, 5.41) is 18.0. The van der Waals surface area contributed by atoms with Crippen LogP contribution in [0.3, 0.4) is 0 Å². The van der Waals surface area contributed by atoms with Crippen molar-refractivity contribution in [2.45, 2.75) is 58.9 Å². The van der Waals surface area contributed by atoms with E-state index >= 15 is 0 Å². The molecule has 0 bridgehead atoms. The van der Waals surface area contributed by atoms with Gasteiger partial charge in [0.25, 0.3) is 0 Å². The number of aromatic nitrogens is 1. The number of nitrogens with zero attached hydrogens (tertiary/aromatic N) is 1. The fourth-order valence-electron chi connectivity index (χ4n) is 2.04. The van der Waals surface area contributed by atoms with Gasteiger partial charge in [-0.1, -0.05) is 34.6 Å². The maximum Gasteiger partial charge on any atom is 0.315 e. The van der Waals surface area contributed by atoms with E-state index in [9.17, 15) is 9.90 Å². The lowest BCUT2D eigenvalue weighted by Crippen LogP contribution is -2.44. The summed E-state index contributed by atoms with van der Waals surface area (Å²) in [7, 11) is 0. The molecule has 0 aliphatic carbocycles. The van der Waals surface area contributed by atoms with Gasteiger partial charge in [-0.25, -0.2) is 9.78 Å². The number of hydrogen-bond acceptors (Lipinski definition) is 4. The molecule has 1 unspecified atom stereocenters. The van der Waals surface area contributed by atoms with E-state index in [1.165, 1.54) is 0 Å². The molecule has 22 heavy (non-hydrogen) atoms. The second kappa shape index (κ2) is 8.48. The van der Waals surface area contributed by atoms with Crippen LogP contribution < -0.4 is 10.6 Å². The topological polar surface area (TPSA) is 74.2 Å². The molecule has 0 fully saturated rings. The lowest BCUT2D eigenvalue weighted by Gasteiger charge is -2.18. The Morgan fingerprint density at radius 3 is 2.59 bits per heavy atom. The van der Waals surface area contributed by atoms with Crippen LogP contribution in [-0.2, 0) is 11.8 Å². The van der Waals surface area contributed by atoms with Gasteiger partial charge in [-0.15, -0.1) is 11.3 Å². The van der Waals surface area contributed by atoms with Crippen LogP contribution in [0, 0.1) is 5.92 Å². The molecule has 0 spiro atoms. The lowest BCUT2D eigenvalue weighted by molar-refractivity contribution is 0.207. The number of thiazole rings is 1. The van der Waals surface area contributed by atoms with Gasteiger partial charge in [-0.05, 0) is 12.3 Å². The number of aliphatic hydroxyl groups excluding tert-OH is 1. The molecule has 126 valence electrons. The molecule has 1 aromatic rings. The van der Waals surface area contributed by atoms with E-state index < -0.39 is 0 Å². The normalized spacial score (nSPS) is 13.2. The maximum atomic E-state index is 11.8. The highest BCUT2D eigenvalue weighted by Crippen LogP contribution is 2.23. The quantitative estimate of drug-likeness (QED) is 0.721. The van der Waals surface area contributed by atoms with Crippen LogP contribution >= 0.6 is 11.3 Å². The Bertz CT molecular complexity index is 466. The van der Waals surface area contributed by atoms with E-state index in [0.29, 0.717) is 12.5 Å². The van der Waals surface area contributed by atoms with Crippen molar-refractivity contribution in [3.63, 3.8) is 0 Å². The van der Waals surface area contributed by atoms with E-state index in [0.717, 1.165) is 23.5 Å². The molecule has 0 aromatic carbocycles. The third-order valence-corrected chi connectivity index (χ3v) is 4.16. The van der Waals surface area contributed by atoms with Gasteiger partial charge >= 0.3 is 6.03 Å². The highest BCUT2D eigenvalue weighted by atomic mass is 32.1. The summed E-state index contributed by atoms with van der Waals surface area (Å²) < 4.78 is 0. The van der Waals surface area contributed by atoms with Crippen molar-refractivity contribution >= 4 is 17.4 Å². The van der Waals surface area contributed by atoms with Crippen molar-refractivity contribution in [3.8, 4) is 0 Å².